The minimum absolute atomic E-state index is 0.00969. The summed E-state index contributed by atoms with van der Waals surface area (Å²) in [5.41, 5.74) is 4.64. The molecule has 2 aromatic carbocycles. The van der Waals surface area contributed by atoms with E-state index in [9.17, 15) is 13.2 Å². The number of halogens is 1. The van der Waals surface area contributed by atoms with Crippen molar-refractivity contribution in [2.24, 2.45) is 0 Å². The number of hydrogen-bond acceptors (Lipinski definition) is 4. The average molecular weight is 490 g/mol. The number of nitrogens with zero attached hydrogens (tertiary/aromatic N) is 1. The number of carbonyl (C=O) groups is 1. The van der Waals surface area contributed by atoms with Gasteiger partial charge in [0.25, 0.3) is 5.91 Å². The maximum Gasteiger partial charge on any atom is 0.290 e. The molecular formula is C23H24BrNO4S. The van der Waals surface area contributed by atoms with Gasteiger partial charge in [-0.25, -0.2) is 8.42 Å². The van der Waals surface area contributed by atoms with Gasteiger partial charge in [0.15, 0.2) is 15.6 Å². The summed E-state index contributed by atoms with van der Waals surface area (Å²) < 4.78 is 31.2. The molecule has 0 aliphatic carbocycles. The zero-order valence-electron chi connectivity index (χ0n) is 17.2. The van der Waals surface area contributed by atoms with Crippen molar-refractivity contribution < 1.29 is 17.6 Å². The molecule has 1 aromatic heterocycles. The van der Waals surface area contributed by atoms with Gasteiger partial charge in [0, 0.05) is 28.0 Å². The molecule has 0 spiro atoms. The number of sulfone groups is 1. The van der Waals surface area contributed by atoms with Gasteiger partial charge >= 0.3 is 0 Å². The van der Waals surface area contributed by atoms with Crippen LogP contribution in [0.2, 0.25) is 0 Å². The monoisotopic (exact) mass is 489 g/mol. The SMILES string of the molecule is Cc1cc2oc(C(=O)N(Cc3cccc(Br)c3)[C@H]3CCS(=O)(=O)C3)c(C)c2cc1C. The van der Waals surface area contributed by atoms with Crippen LogP contribution in [0.15, 0.2) is 45.3 Å². The Labute approximate surface area is 185 Å². The zero-order chi connectivity index (χ0) is 21.6. The summed E-state index contributed by atoms with van der Waals surface area (Å²) in [6, 6.07) is 11.3. The average Bonchev–Trinajstić information content (AvgIpc) is 3.19. The van der Waals surface area contributed by atoms with Gasteiger partial charge in [-0.05, 0) is 68.1 Å². The van der Waals surface area contributed by atoms with Crippen molar-refractivity contribution >= 4 is 42.6 Å². The van der Waals surface area contributed by atoms with Gasteiger partial charge in [0.05, 0.1) is 11.5 Å². The van der Waals surface area contributed by atoms with Crippen molar-refractivity contribution in [3.8, 4) is 0 Å². The van der Waals surface area contributed by atoms with Gasteiger partial charge < -0.3 is 9.32 Å². The van der Waals surface area contributed by atoms with Crippen LogP contribution in [0.5, 0.6) is 0 Å². The molecule has 1 amide bonds. The molecule has 4 rings (SSSR count). The lowest BCUT2D eigenvalue weighted by Crippen LogP contribution is -2.40. The van der Waals surface area contributed by atoms with Gasteiger partial charge in [-0.3, -0.25) is 4.79 Å². The smallest absolute Gasteiger partial charge is 0.290 e. The van der Waals surface area contributed by atoms with E-state index in [1.54, 1.807) is 4.90 Å². The summed E-state index contributed by atoms with van der Waals surface area (Å²) in [6.07, 6.45) is 0.444. The highest BCUT2D eigenvalue weighted by Gasteiger charge is 2.36. The third-order valence-corrected chi connectivity index (χ3v) is 8.14. The van der Waals surface area contributed by atoms with E-state index in [1.165, 1.54) is 0 Å². The molecule has 5 nitrogen and oxygen atoms in total. The Morgan fingerprint density at radius 3 is 2.57 bits per heavy atom. The van der Waals surface area contributed by atoms with Crippen LogP contribution in [0.4, 0.5) is 0 Å². The van der Waals surface area contributed by atoms with Crippen LogP contribution >= 0.6 is 15.9 Å². The molecule has 30 heavy (non-hydrogen) atoms. The number of amides is 1. The van der Waals surface area contributed by atoms with Crippen LogP contribution in [0.25, 0.3) is 11.0 Å². The van der Waals surface area contributed by atoms with Crippen LogP contribution in [-0.2, 0) is 16.4 Å². The first kappa shape index (κ1) is 21.1. The molecule has 1 aliphatic heterocycles. The van der Waals surface area contributed by atoms with Crippen molar-refractivity contribution in [2.75, 3.05) is 11.5 Å². The Balaban J connectivity index is 1.75. The minimum atomic E-state index is -3.14. The van der Waals surface area contributed by atoms with E-state index < -0.39 is 9.84 Å². The van der Waals surface area contributed by atoms with Crippen molar-refractivity contribution in [2.45, 2.75) is 39.8 Å². The number of furan rings is 1. The number of hydrogen-bond donors (Lipinski definition) is 0. The summed E-state index contributed by atoms with van der Waals surface area (Å²) in [5.74, 6) is 0.122. The third kappa shape index (κ3) is 4.05. The molecule has 7 heteroatoms. The molecular weight excluding hydrogens is 466 g/mol. The summed E-state index contributed by atoms with van der Waals surface area (Å²) >= 11 is 3.47. The summed E-state index contributed by atoms with van der Waals surface area (Å²) in [6.45, 7) is 6.26. The Morgan fingerprint density at radius 1 is 1.17 bits per heavy atom. The summed E-state index contributed by atoms with van der Waals surface area (Å²) in [4.78, 5) is 15.3. The maximum absolute atomic E-state index is 13.6. The van der Waals surface area contributed by atoms with E-state index in [4.69, 9.17) is 4.42 Å². The second kappa shape index (κ2) is 7.85. The van der Waals surface area contributed by atoms with Crippen LogP contribution in [0.3, 0.4) is 0 Å². The molecule has 0 radical (unpaired) electrons. The zero-order valence-corrected chi connectivity index (χ0v) is 19.6. The number of fused-ring (bicyclic) bond motifs is 1. The van der Waals surface area contributed by atoms with E-state index in [-0.39, 0.29) is 29.2 Å². The van der Waals surface area contributed by atoms with Crippen molar-refractivity contribution in [1.82, 2.24) is 4.90 Å². The van der Waals surface area contributed by atoms with E-state index in [2.05, 4.69) is 15.9 Å². The standard InChI is InChI=1S/C23H24BrNO4S/c1-14-9-20-16(3)22(29-21(20)10-15(14)2)23(26)25(19-7-8-30(27,28)13-19)12-17-5-4-6-18(24)11-17/h4-6,9-11,19H,7-8,12-13H2,1-3H3/t19-/m0/s1. The Morgan fingerprint density at radius 2 is 1.90 bits per heavy atom. The second-order valence-electron chi connectivity index (χ2n) is 8.11. The van der Waals surface area contributed by atoms with Gasteiger partial charge in [-0.2, -0.15) is 0 Å². The maximum atomic E-state index is 13.6. The van der Waals surface area contributed by atoms with Gasteiger partial charge in [0.1, 0.15) is 5.58 Å². The molecule has 3 aromatic rings. The second-order valence-corrected chi connectivity index (χ2v) is 11.3. The number of carbonyl (C=O) groups excluding carboxylic acids is 1. The van der Waals surface area contributed by atoms with Gasteiger partial charge in [-0.15, -0.1) is 0 Å². The fourth-order valence-electron chi connectivity index (χ4n) is 4.03. The molecule has 1 fully saturated rings. The van der Waals surface area contributed by atoms with Gasteiger partial charge in [0.2, 0.25) is 0 Å². The Kier molecular flexibility index (Phi) is 5.53. The largest absolute Gasteiger partial charge is 0.451 e. The molecule has 0 saturated carbocycles. The first-order valence-electron chi connectivity index (χ1n) is 9.91. The lowest BCUT2D eigenvalue weighted by molar-refractivity contribution is 0.0649. The lowest BCUT2D eigenvalue weighted by Gasteiger charge is -2.28. The Bertz CT molecular complexity index is 1250. The molecule has 0 bridgehead atoms. The number of rotatable bonds is 4. The summed E-state index contributed by atoms with van der Waals surface area (Å²) in [7, 11) is -3.14. The molecule has 1 atom stereocenters. The Hall–Kier alpha value is -2.12. The van der Waals surface area contributed by atoms with Crippen molar-refractivity contribution in [3.63, 3.8) is 0 Å². The topological polar surface area (TPSA) is 67.6 Å². The number of benzene rings is 2. The molecule has 1 aliphatic rings. The van der Waals surface area contributed by atoms with Crippen LogP contribution in [0.1, 0.15) is 39.2 Å². The normalized spacial score (nSPS) is 18.1. The fraction of sp³-hybridized carbons (Fsp3) is 0.348. The quantitative estimate of drug-likeness (QED) is 0.519. The predicted octanol–water partition coefficient (Wildman–Crippen LogP) is 4.95. The summed E-state index contributed by atoms with van der Waals surface area (Å²) in [5, 5.41) is 0.919. The van der Waals surface area contributed by atoms with E-state index in [0.29, 0.717) is 18.5 Å². The van der Waals surface area contributed by atoms with E-state index >= 15 is 0 Å². The molecule has 1 saturated heterocycles. The fourth-order valence-corrected chi connectivity index (χ4v) is 6.21. The highest BCUT2D eigenvalue weighted by molar-refractivity contribution is 9.10. The molecule has 158 valence electrons. The molecule has 0 unspecified atom stereocenters. The van der Waals surface area contributed by atoms with E-state index in [1.807, 2.05) is 57.2 Å². The minimum Gasteiger partial charge on any atom is -0.451 e. The first-order valence-corrected chi connectivity index (χ1v) is 12.5. The lowest BCUT2D eigenvalue weighted by atomic mass is 10.0. The third-order valence-electron chi connectivity index (χ3n) is 5.90. The van der Waals surface area contributed by atoms with Crippen molar-refractivity contribution in [3.05, 3.63) is 68.9 Å². The van der Waals surface area contributed by atoms with Crippen LogP contribution in [0, 0.1) is 20.8 Å². The molecule has 2 heterocycles. The highest BCUT2D eigenvalue weighted by atomic mass is 79.9. The van der Waals surface area contributed by atoms with E-state index in [0.717, 1.165) is 32.1 Å². The number of aryl methyl sites for hydroxylation is 3. The molecule has 0 N–H and O–H groups in total. The first-order chi connectivity index (χ1) is 14.1. The van der Waals surface area contributed by atoms with Crippen molar-refractivity contribution in [1.29, 1.82) is 0 Å². The predicted molar refractivity (Wildman–Crippen MR) is 121 cm³/mol. The highest BCUT2D eigenvalue weighted by Crippen LogP contribution is 2.31. The van der Waals surface area contributed by atoms with Gasteiger partial charge in [-0.1, -0.05) is 28.1 Å². The van der Waals surface area contributed by atoms with Crippen LogP contribution in [-0.4, -0.2) is 36.8 Å². The van der Waals surface area contributed by atoms with Crippen LogP contribution < -0.4 is 0 Å².